The highest BCUT2D eigenvalue weighted by Crippen LogP contribution is 2.45. The summed E-state index contributed by atoms with van der Waals surface area (Å²) in [7, 11) is 3.22. The number of ketones is 1. The number of ether oxygens (including phenoxy) is 2. The Labute approximate surface area is 187 Å². The van der Waals surface area contributed by atoms with Gasteiger partial charge in [-0.25, -0.2) is 4.68 Å². The molecule has 1 N–H and O–H groups in total. The third-order valence-corrected chi connectivity index (χ3v) is 6.30. The Morgan fingerprint density at radius 2 is 1.69 bits per heavy atom. The molecule has 1 aliphatic heterocycles. The molecule has 7 nitrogen and oxygen atoms in total. The number of carbonyl (C=O) groups is 1. The van der Waals surface area contributed by atoms with Crippen molar-refractivity contribution in [1.29, 1.82) is 0 Å². The molecule has 3 aromatic rings. The molecule has 2 atom stereocenters. The number of benzene rings is 2. The van der Waals surface area contributed by atoms with Crippen LogP contribution in [-0.2, 0) is 4.79 Å². The van der Waals surface area contributed by atoms with Gasteiger partial charge in [0.25, 0.3) is 0 Å². The molecule has 7 heteroatoms. The second-order valence-corrected chi connectivity index (χ2v) is 8.40. The summed E-state index contributed by atoms with van der Waals surface area (Å²) < 4.78 is 12.7. The molecule has 0 spiro atoms. The monoisotopic (exact) mass is 430 g/mol. The maximum absolute atomic E-state index is 13.5. The van der Waals surface area contributed by atoms with Crippen LogP contribution >= 0.6 is 0 Å². The summed E-state index contributed by atoms with van der Waals surface area (Å²) >= 11 is 0. The normalized spacial score (nSPS) is 19.8. The second-order valence-electron chi connectivity index (χ2n) is 8.40. The molecule has 164 valence electrons. The Kier molecular flexibility index (Phi) is 4.96. The summed E-state index contributed by atoms with van der Waals surface area (Å²) in [6.07, 6.45) is 1.22. The largest absolute Gasteiger partial charge is 0.493 e. The van der Waals surface area contributed by atoms with E-state index in [-0.39, 0.29) is 17.7 Å². The first-order valence-electron chi connectivity index (χ1n) is 10.7. The summed E-state index contributed by atoms with van der Waals surface area (Å²) in [5.74, 6) is 2.83. The van der Waals surface area contributed by atoms with Crippen LogP contribution in [0.15, 0.2) is 53.7 Å². The number of Topliss-reactive ketones (excluding diaryl/α,β-unsaturated/α-hetero) is 1. The molecule has 2 aliphatic rings. The van der Waals surface area contributed by atoms with E-state index in [0.717, 1.165) is 23.3 Å². The summed E-state index contributed by atoms with van der Waals surface area (Å²) in [4.78, 5) is 18.1. The number of aryl methyl sites for hydroxylation is 2. The molecule has 0 saturated heterocycles. The summed E-state index contributed by atoms with van der Waals surface area (Å²) in [6, 6.07) is 13.8. The van der Waals surface area contributed by atoms with Crippen LogP contribution in [0.3, 0.4) is 0 Å². The lowest BCUT2D eigenvalue weighted by Crippen LogP contribution is -2.33. The molecular weight excluding hydrogens is 404 g/mol. The van der Waals surface area contributed by atoms with Crippen LogP contribution < -0.4 is 14.8 Å². The Morgan fingerprint density at radius 3 is 2.41 bits per heavy atom. The number of fused-ring (bicyclic) bond motifs is 1. The van der Waals surface area contributed by atoms with Crippen molar-refractivity contribution in [3.63, 3.8) is 0 Å². The van der Waals surface area contributed by atoms with E-state index >= 15 is 0 Å². The lowest BCUT2D eigenvalue weighted by Gasteiger charge is -2.35. The summed E-state index contributed by atoms with van der Waals surface area (Å²) in [5, 5.41) is 8.01. The number of anilines is 1. The molecule has 0 radical (unpaired) electrons. The molecule has 1 aliphatic carbocycles. The minimum atomic E-state index is -0.367. The number of hydrogen-bond donors (Lipinski definition) is 1. The van der Waals surface area contributed by atoms with Crippen molar-refractivity contribution >= 4 is 11.7 Å². The van der Waals surface area contributed by atoms with Crippen LogP contribution in [0.2, 0.25) is 0 Å². The molecule has 2 aromatic carbocycles. The van der Waals surface area contributed by atoms with E-state index in [2.05, 4.69) is 46.6 Å². The van der Waals surface area contributed by atoms with Gasteiger partial charge >= 0.3 is 0 Å². The van der Waals surface area contributed by atoms with Crippen molar-refractivity contribution in [2.24, 2.45) is 0 Å². The molecular formula is C25H26N4O3. The minimum absolute atomic E-state index is 0.128. The van der Waals surface area contributed by atoms with E-state index in [0.29, 0.717) is 29.7 Å². The van der Waals surface area contributed by atoms with Gasteiger partial charge in [0, 0.05) is 17.7 Å². The smallest absolute Gasteiger partial charge is 0.226 e. The Morgan fingerprint density at radius 1 is 0.969 bits per heavy atom. The fraction of sp³-hybridized carbons (Fsp3) is 0.320. The zero-order chi connectivity index (χ0) is 22.4. The number of aromatic nitrogens is 3. The molecule has 0 fully saturated rings. The van der Waals surface area contributed by atoms with Gasteiger partial charge in [-0.05, 0) is 49.4 Å². The van der Waals surface area contributed by atoms with Crippen molar-refractivity contribution in [1.82, 2.24) is 14.8 Å². The van der Waals surface area contributed by atoms with Gasteiger partial charge in [-0.2, -0.15) is 10.1 Å². The highest BCUT2D eigenvalue weighted by atomic mass is 16.5. The number of carbonyl (C=O) groups excluding carboxylic acids is 1. The van der Waals surface area contributed by atoms with Gasteiger partial charge in [-0.15, -0.1) is 0 Å². The SMILES string of the molecule is COc1ccc([C@@H]2C3=C(C[C@H](c4ccc(C)cc4)CC3=O)Nc3nc(C)nn32)cc1OC. The van der Waals surface area contributed by atoms with Gasteiger partial charge in [-0.1, -0.05) is 35.9 Å². The maximum Gasteiger partial charge on any atom is 0.226 e. The van der Waals surface area contributed by atoms with Crippen molar-refractivity contribution in [3.05, 3.63) is 76.2 Å². The van der Waals surface area contributed by atoms with E-state index in [1.54, 1.807) is 18.9 Å². The van der Waals surface area contributed by atoms with Crippen LogP contribution in [0.25, 0.3) is 0 Å². The first-order chi connectivity index (χ1) is 15.5. The highest BCUT2D eigenvalue weighted by molar-refractivity contribution is 6.00. The van der Waals surface area contributed by atoms with E-state index < -0.39 is 0 Å². The van der Waals surface area contributed by atoms with E-state index in [1.807, 2.05) is 25.1 Å². The fourth-order valence-electron chi connectivity index (χ4n) is 4.72. The minimum Gasteiger partial charge on any atom is -0.493 e. The van der Waals surface area contributed by atoms with Gasteiger partial charge in [0.2, 0.25) is 5.95 Å². The Hall–Kier alpha value is -3.61. The topological polar surface area (TPSA) is 78.3 Å². The third-order valence-electron chi connectivity index (χ3n) is 6.30. The van der Waals surface area contributed by atoms with Crippen LogP contribution in [0, 0.1) is 13.8 Å². The molecule has 0 unspecified atom stereocenters. The fourth-order valence-corrected chi connectivity index (χ4v) is 4.72. The first-order valence-corrected chi connectivity index (χ1v) is 10.7. The van der Waals surface area contributed by atoms with E-state index in [9.17, 15) is 4.79 Å². The second kappa shape index (κ2) is 7.82. The van der Waals surface area contributed by atoms with Crippen LogP contribution in [0.4, 0.5) is 5.95 Å². The zero-order valence-electron chi connectivity index (χ0n) is 18.7. The van der Waals surface area contributed by atoms with Crippen molar-refractivity contribution in [2.45, 2.75) is 38.6 Å². The predicted molar refractivity (Wildman–Crippen MR) is 121 cm³/mol. The van der Waals surface area contributed by atoms with Crippen molar-refractivity contribution < 1.29 is 14.3 Å². The van der Waals surface area contributed by atoms with Crippen molar-refractivity contribution in [2.75, 3.05) is 19.5 Å². The van der Waals surface area contributed by atoms with E-state index in [4.69, 9.17) is 9.47 Å². The summed E-state index contributed by atoms with van der Waals surface area (Å²) in [6.45, 7) is 3.93. The quantitative estimate of drug-likeness (QED) is 0.664. The maximum atomic E-state index is 13.5. The van der Waals surface area contributed by atoms with Gasteiger partial charge < -0.3 is 14.8 Å². The van der Waals surface area contributed by atoms with Crippen LogP contribution in [0.5, 0.6) is 11.5 Å². The Balaban J connectivity index is 1.61. The molecule has 2 heterocycles. The van der Waals surface area contributed by atoms with Gasteiger partial charge in [0.15, 0.2) is 17.3 Å². The lowest BCUT2D eigenvalue weighted by atomic mass is 9.78. The molecule has 0 saturated carbocycles. The van der Waals surface area contributed by atoms with Gasteiger partial charge in [0.05, 0.1) is 14.2 Å². The number of allylic oxidation sites excluding steroid dienone is 2. The third kappa shape index (κ3) is 3.34. The van der Waals surface area contributed by atoms with Gasteiger partial charge in [-0.3, -0.25) is 4.79 Å². The first kappa shape index (κ1) is 20.3. The number of nitrogens with one attached hydrogen (secondary N) is 1. The molecule has 0 bridgehead atoms. The molecule has 5 rings (SSSR count). The number of nitrogens with zero attached hydrogens (tertiary/aromatic N) is 3. The Bertz CT molecular complexity index is 1230. The zero-order valence-corrected chi connectivity index (χ0v) is 18.7. The number of hydrogen-bond acceptors (Lipinski definition) is 6. The molecule has 1 aromatic heterocycles. The average Bonchev–Trinajstić information content (AvgIpc) is 3.17. The number of rotatable bonds is 4. The lowest BCUT2D eigenvalue weighted by molar-refractivity contribution is -0.116. The molecule has 0 amide bonds. The predicted octanol–water partition coefficient (Wildman–Crippen LogP) is 4.33. The van der Waals surface area contributed by atoms with Gasteiger partial charge in [0.1, 0.15) is 11.9 Å². The highest BCUT2D eigenvalue weighted by Gasteiger charge is 2.39. The molecule has 32 heavy (non-hydrogen) atoms. The van der Waals surface area contributed by atoms with Crippen molar-refractivity contribution in [3.8, 4) is 11.5 Å². The van der Waals surface area contributed by atoms with Crippen LogP contribution in [-0.4, -0.2) is 34.8 Å². The number of methoxy groups -OCH3 is 2. The standard InChI is InChI=1S/C25H26N4O3/c1-14-5-7-16(8-6-14)18-11-19-23(20(30)12-18)24(29-25(27-19)26-15(2)28-29)17-9-10-21(31-3)22(13-17)32-4/h5-10,13,18,24H,11-12H2,1-4H3,(H,26,27,28)/t18-,24+/m0/s1. The van der Waals surface area contributed by atoms with E-state index in [1.165, 1.54) is 11.1 Å². The summed E-state index contributed by atoms with van der Waals surface area (Å²) in [5.41, 5.74) is 4.97. The average molecular weight is 431 g/mol. The van der Waals surface area contributed by atoms with Crippen LogP contribution in [0.1, 0.15) is 47.3 Å².